The molecule has 1 atom stereocenters. The lowest BCUT2D eigenvalue weighted by Crippen LogP contribution is -2.29. The van der Waals surface area contributed by atoms with Crippen LogP contribution < -0.4 is 10.6 Å². The Bertz CT molecular complexity index is 579. The first-order chi connectivity index (χ1) is 9.13. The average Bonchev–Trinajstić information content (AvgIpc) is 2.85. The summed E-state index contributed by atoms with van der Waals surface area (Å²) in [5.41, 5.74) is 1.23. The number of pyridine rings is 1. The topological polar surface area (TPSA) is 84.7 Å². The second-order valence-corrected chi connectivity index (χ2v) is 4.17. The largest absolute Gasteiger partial charge is 0.386 e. The zero-order valence-corrected chi connectivity index (χ0v) is 11.1. The zero-order valence-electron chi connectivity index (χ0n) is 11.1. The maximum Gasteiger partial charge on any atom is 0.254 e. The maximum atomic E-state index is 12.2. The van der Waals surface area contributed by atoms with Gasteiger partial charge in [-0.2, -0.15) is 0 Å². The molecule has 1 amide bonds. The van der Waals surface area contributed by atoms with E-state index in [9.17, 15) is 4.79 Å². The van der Waals surface area contributed by atoms with Crippen molar-refractivity contribution in [3.63, 3.8) is 0 Å². The number of carbonyl (C=O) groups excluding carboxylic acids is 1. The standard InChI is InChI=1S/C12H16N6O/c1-8(11-17-15-7-18(11)3)16-12(19)9-4-5-14-6-10(9)13-2/h4-8,13H,1-3H3,(H,16,19). The molecule has 7 nitrogen and oxygen atoms in total. The van der Waals surface area contributed by atoms with E-state index < -0.39 is 0 Å². The first-order valence-corrected chi connectivity index (χ1v) is 5.90. The van der Waals surface area contributed by atoms with Gasteiger partial charge >= 0.3 is 0 Å². The molecule has 0 bridgehead atoms. The molecule has 2 N–H and O–H groups in total. The number of carbonyl (C=O) groups is 1. The van der Waals surface area contributed by atoms with Crippen LogP contribution in [-0.4, -0.2) is 32.7 Å². The third-order valence-corrected chi connectivity index (χ3v) is 2.82. The summed E-state index contributed by atoms with van der Waals surface area (Å²) in [6, 6.07) is 1.45. The van der Waals surface area contributed by atoms with E-state index in [-0.39, 0.29) is 11.9 Å². The summed E-state index contributed by atoms with van der Waals surface area (Å²) >= 11 is 0. The van der Waals surface area contributed by atoms with E-state index in [0.717, 1.165) is 0 Å². The molecule has 0 aliphatic heterocycles. The van der Waals surface area contributed by atoms with Crippen LogP contribution in [0.4, 0.5) is 5.69 Å². The number of aromatic nitrogens is 4. The predicted octanol–water partition coefficient (Wildman–Crippen LogP) is 0.743. The van der Waals surface area contributed by atoms with Crippen LogP contribution in [0.5, 0.6) is 0 Å². The van der Waals surface area contributed by atoms with Gasteiger partial charge in [0.1, 0.15) is 6.33 Å². The number of aryl methyl sites for hydroxylation is 1. The van der Waals surface area contributed by atoms with Crippen molar-refractivity contribution >= 4 is 11.6 Å². The van der Waals surface area contributed by atoms with Gasteiger partial charge in [-0.25, -0.2) is 0 Å². The van der Waals surface area contributed by atoms with Crippen LogP contribution in [0.3, 0.4) is 0 Å². The van der Waals surface area contributed by atoms with Gasteiger partial charge in [0, 0.05) is 20.3 Å². The van der Waals surface area contributed by atoms with E-state index in [0.29, 0.717) is 17.1 Å². The molecule has 2 rings (SSSR count). The number of nitrogens with one attached hydrogen (secondary N) is 2. The fourth-order valence-electron chi connectivity index (χ4n) is 1.81. The molecular formula is C12H16N6O. The number of rotatable bonds is 4. The highest BCUT2D eigenvalue weighted by Gasteiger charge is 2.17. The molecule has 2 aromatic rings. The van der Waals surface area contributed by atoms with Crippen molar-refractivity contribution in [2.75, 3.05) is 12.4 Å². The molecule has 19 heavy (non-hydrogen) atoms. The van der Waals surface area contributed by atoms with Gasteiger partial charge in [0.15, 0.2) is 5.82 Å². The van der Waals surface area contributed by atoms with Gasteiger partial charge in [0.25, 0.3) is 5.91 Å². The highest BCUT2D eigenvalue weighted by Crippen LogP contribution is 2.14. The number of anilines is 1. The van der Waals surface area contributed by atoms with Crippen LogP contribution in [0.2, 0.25) is 0 Å². The first-order valence-electron chi connectivity index (χ1n) is 5.90. The number of hydrogen-bond acceptors (Lipinski definition) is 5. The van der Waals surface area contributed by atoms with Crippen molar-refractivity contribution in [2.24, 2.45) is 7.05 Å². The van der Waals surface area contributed by atoms with Crippen molar-refractivity contribution in [3.8, 4) is 0 Å². The molecule has 0 fully saturated rings. The molecule has 0 radical (unpaired) electrons. The summed E-state index contributed by atoms with van der Waals surface area (Å²) in [7, 11) is 3.59. The predicted molar refractivity (Wildman–Crippen MR) is 70.7 cm³/mol. The van der Waals surface area contributed by atoms with E-state index in [1.807, 2.05) is 14.0 Å². The quantitative estimate of drug-likeness (QED) is 0.847. The Morgan fingerprint density at radius 3 is 2.89 bits per heavy atom. The summed E-state index contributed by atoms with van der Waals surface area (Å²) in [4.78, 5) is 16.2. The van der Waals surface area contributed by atoms with Crippen molar-refractivity contribution in [3.05, 3.63) is 36.2 Å². The fraction of sp³-hybridized carbons (Fsp3) is 0.333. The van der Waals surface area contributed by atoms with Crippen LogP contribution in [0.1, 0.15) is 29.1 Å². The fourth-order valence-corrected chi connectivity index (χ4v) is 1.81. The van der Waals surface area contributed by atoms with Crippen molar-refractivity contribution in [1.29, 1.82) is 0 Å². The SMILES string of the molecule is CNc1cnccc1C(=O)NC(C)c1nncn1C. The van der Waals surface area contributed by atoms with Gasteiger partial charge in [-0.05, 0) is 13.0 Å². The maximum absolute atomic E-state index is 12.2. The lowest BCUT2D eigenvalue weighted by atomic mass is 10.2. The van der Waals surface area contributed by atoms with Gasteiger partial charge < -0.3 is 15.2 Å². The smallest absolute Gasteiger partial charge is 0.254 e. The molecule has 1 unspecified atom stereocenters. The lowest BCUT2D eigenvalue weighted by Gasteiger charge is -2.14. The van der Waals surface area contributed by atoms with Crippen molar-refractivity contribution in [2.45, 2.75) is 13.0 Å². The lowest BCUT2D eigenvalue weighted by molar-refractivity contribution is 0.0938. The number of nitrogens with zero attached hydrogens (tertiary/aromatic N) is 4. The van der Waals surface area contributed by atoms with Gasteiger partial charge in [0.05, 0.1) is 23.5 Å². The Morgan fingerprint density at radius 2 is 2.26 bits per heavy atom. The molecule has 0 aromatic carbocycles. The molecule has 0 spiro atoms. The van der Waals surface area contributed by atoms with Crippen LogP contribution in [0, 0.1) is 0 Å². The summed E-state index contributed by atoms with van der Waals surface area (Å²) in [6.45, 7) is 1.86. The minimum Gasteiger partial charge on any atom is -0.386 e. The van der Waals surface area contributed by atoms with Gasteiger partial charge in [-0.3, -0.25) is 9.78 Å². The third kappa shape index (κ3) is 2.70. The molecule has 7 heteroatoms. The molecule has 2 aromatic heterocycles. The minimum absolute atomic E-state index is 0.178. The Hall–Kier alpha value is -2.44. The van der Waals surface area contributed by atoms with Crippen molar-refractivity contribution in [1.82, 2.24) is 25.1 Å². The van der Waals surface area contributed by atoms with Gasteiger partial charge in [-0.1, -0.05) is 0 Å². The van der Waals surface area contributed by atoms with Crippen LogP contribution in [0.15, 0.2) is 24.8 Å². The monoisotopic (exact) mass is 260 g/mol. The van der Waals surface area contributed by atoms with Crippen molar-refractivity contribution < 1.29 is 4.79 Å². The first kappa shape index (κ1) is 13.0. The van der Waals surface area contributed by atoms with Crippen LogP contribution in [0.25, 0.3) is 0 Å². The molecule has 2 heterocycles. The van der Waals surface area contributed by atoms with E-state index in [1.54, 1.807) is 36.4 Å². The van der Waals surface area contributed by atoms with E-state index in [2.05, 4.69) is 25.8 Å². The molecule has 0 saturated heterocycles. The number of hydrogen-bond donors (Lipinski definition) is 2. The van der Waals surface area contributed by atoms with Gasteiger partial charge in [0.2, 0.25) is 0 Å². The second-order valence-electron chi connectivity index (χ2n) is 4.17. The minimum atomic E-state index is -0.224. The Morgan fingerprint density at radius 1 is 1.47 bits per heavy atom. The normalized spacial score (nSPS) is 11.9. The van der Waals surface area contributed by atoms with E-state index in [1.165, 1.54) is 0 Å². The number of amides is 1. The summed E-state index contributed by atoms with van der Waals surface area (Å²) in [5, 5.41) is 13.6. The Labute approximate surface area is 111 Å². The Kier molecular flexibility index (Phi) is 3.74. The van der Waals surface area contributed by atoms with Crippen LogP contribution >= 0.6 is 0 Å². The molecular weight excluding hydrogens is 244 g/mol. The summed E-state index contributed by atoms with van der Waals surface area (Å²) in [5.74, 6) is 0.524. The third-order valence-electron chi connectivity index (χ3n) is 2.82. The molecule has 100 valence electrons. The Balaban J connectivity index is 2.15. The zero-order chi connectivity index (χ0) is 13.8. The van der Waals surface area contributed by atoms with E-state index in [4.69, 9.17) is 0 Å². The molecule has 0 saturated carbocycles. The molecule has 0 aliphatic rings. The van der Waals surface area contributed by atoms with Gasteiger partial charge in [-0.15, -0.1) is 10.2 Å². The van der Waals surface area contributed by atoms with E-state index >= 15 is 0 Å². The highest BCUT2D eigenvalue weighted by molar-refractivity contribution is 5.99. The summed E-state index contributed by atoms with van der Waals surface area (Å²) < 4.78 is 1.77. The molecule has 0 aliphatic carbocycles. The second kappa shape index (κ2) is 5.47. The average molecular weight is 260 g/mol. The van der Waals surface area contributed by atoms with Crippen LogP contribution in [-0.2, 0) is 7.05 Å². The highest BCUT2D eigenvalue weighted by atomic mass is 16.1. The summed E-state index contributed by atoms with van der Waals surface area (Å²) in [6.07, 6.45) is 4.80.